The van der Waals surface area contributed by atoms with E-state index in [4.69, 9.17) is 5.11 Å². The molecule has 0 saturated carbocycles. The molecule has 140 valence electrons. The Hall–Kier alpha value is -3.63. The number of carboxylic acid groups (broad SMARTS) is 1. The highest BCUT2D eigenvalue weighted by molar-refractivity contribution is 7.13. The summed E-state index contributed by atoms with van der Waals surface area (Å²) in [5.74, 6) is -0.915. The molecule has 0 bridgehead atoms. The SMILES string of the molecule is O=C(O)c1ccc(-c2ccc(-c3ccc4cccc(-c5cccs5)c4c3)[nH]2)cc1. The number of hydrogen-bond acceptors (Lipinski definition) is 2. The lowest BCUT2D eigenvalue weighted by Gasteiger charge is -2.07. The van der Waals surface area contributed by atoms with Crippen molar-refractivity contribution in [2.45, 2.75) is 0 Å². The highest BCUT2D eigenvalue weighted by Gasteiger charge is 2.09. The molecule has 2 heterocycles. The zero-order valence-electron chi connectivity index (χ0n) is 15.4. The van der Waals surface area contributed by atoms with Crippen LogP contribution in [0.15, 0.2) is 90.3 Å². The van der Waals surface area contributed by atoms with Crippen LogP contribution in [0.25, 0.3) is 43.7 Å². The van der Waals surface area contributed by atoms with E-state index in [1.807, 2.05) is 18.2 Å². The van der Waals surface area contributed by atoms with Crippen LogP contribution in [0.2, 0.25) is 0 Å². The summed E-state index contributed by atoms with van der Waals surface area (Å²) in [7, 11) is 0. The first-order chi connectivity index (χ1) is 14.2. The van der Waals surface area contributed by atoms with E-state index in [0.29, 0.717) is 0 Å². The predicted molar refractivity (Wildman–Crippen MR) is 119 cm³/mol. The lowest BCUT2D eigenvalue weighted by molar-refractivity contribution is 0.0697. The number of carbonyl (C=O) groups is 1. The molecule has 0 saturated heterocycles. The number of fused-ring (bicyclic) bond motifs is 1. The first kappa shape index (κ1) is 17.5. The van der Waals surface area contributed by atoms with E-state index >= 15 is 0 Å². The minimum Gasteiger partial charge on any atom is -0.478 e. The van der Waals surface area contributed by atoms with Gasteiger partial charge in [-0.2, -0.15) is 0 Å². The molecular formula is C25H17NO2S. The Kier molecular flexibility index (Phi) is 4.26. The maximum atomic E-state index is 11.1. The zero-order chi connectivity index (χ0) is 19.8. The Morgan fingerprint density at radius 1 is 0.793 bits per heavy atom. The van der Waals surface area contributed by atoms with Gasteiger partial charge in [-0.3, -0.25) is 0 Å². The van der Waals surface area contributed by atoms with E-state index < -0.39 is 5.97 Å². The van der Waals surface area contributed by atoms with Crippen LogP contribution in [0, 0.1) is 0 Å². The number of aromatic nitrogens is 1. The van der Waals surface area contributed by atoms with Crippen molar-refractivity contribution in [2.24, 2.45) is 0 Å². The number of carboxylic acids is 1. The Bertz CT molecular complexity index is 1310. The number of rotatable bonds is 4. The van der Waals surface area contributed by atoms with Crippen molar-refractivity contribution < 1.29 is 9.90 Å². The van der Waals surface area contributed by atoms with E-state index in [0.717, 1.165) is 22.5 Å². The van der Waals surface area contributed by atoms with Gasteiger partial charge in [-0.05, 0) is 69.2 Å². The molecule has 0 aliphatic carbocycles. The average molecular weight is 395 g/mol. The van der Waals surface area contributed by atoms with Gasteiger partial charge in [-0.25, -0.2) is 4.79 Å². The maximum absolute atomic E-state index is 11.1. The first-order valence-corrected chi connectivity index (χ1v) is 10.2. The van der Waals surface area contributed by atoms with Gasteiger partial charge in [0.15, 0.2) is 0 Å². The summed E-state index contributed by atoms with van der Waals surface area (Å²) in [6.07, 6.45) is 0. The fourth-order valence-electron chi connectivity index (χ4n) is 3.61. The van der Waals surface area contributed by atoms with Gasteiger partial charge in [0.05, 0.1) is 5.56 Å². The summed E-state index contributed by atoms with van der Waals surface area (Å²) in [6, 6.07) is 28.2. The van der Waals surface area contributed by atoms with Crippen molar-refractivity contribution in [3.63, 3.8) is 0 Å². The fraction of sp³-hybridized carbons (Fsp3) is 0. The van der Waals surface area contributed by atoms with Crippen LogP contribution in [0.4, 0.5) is 0 Å². The highest BCUT2D eigenvalue weighted by Crippen LogP contribution is 2.34. The highest BCUT2D eigenvalue weighted by atomic mass is 32.1. The topological polar surface area (TPSA) is 53.1 Å². The summed E-state index contributed by atoms with van der Waals surface area (Å²) in [4.78, 5) is 15.8. The van der Waals surface area contributed by atoms with E-state index in [2.05, 4.69) is 65.0 Å². The first-order valence-electron chi connectivity index (χ1n) is 9.29. The van der Waals surface area contributed by atoms with Crippen molar-refractivity contribution in [1.82, 2.24) is 4.98 Å². The molecule has 0 atom stereocenters. The second kappa shape index (κ2) is 7.08. The van der Waals surface area contributed by atoms with E-state index in [9.17, 15) is 4.79 Å². The van der Waals surface area contributed by atoms with Gasteiger partial charge in [0.25, 0.3) is 0 Å². The van der Waals surface area contributed by atoms with Gasteiger partial charge in [0.1, 0.15) is 0 Å². The monoisotopic (exact) mass is 395 g/mol. The van der Waals surface area contributed by atoms with Crippen molar-refractivity contribution >= 4 is 28.1 Å². The molecule has 0 spiro atoms. The summed E-state index contributed by atoms with van der Waals surface area (Å²) < 4.78 is 0. The van der Waals surface area contributed by atoms with Crippen molar-refractivity contribution in [3.05, 3.63) is 95.9 Å². The van der Waals surface area contributed by atoms with Crippen molar-refractivity contribution in [2.75, 3.05) is 0 Å². The van der Waals surface area contributed by atoms with E-state index in [1.165, 1.54) is 21.2 Å². The largest absolute Gasteiger partial charge is 0.478 e. The van der Waals surface area contributed by atoms with Gasteiger partial charge >= 0.3 is 5.97 Å². The van der Waals surface area contributed by atoms with Gasteiger partial charge in [-0.15, -0.1) is 11.3 Å². The molecule has 4 heteroatoms. The molecule has 29 heavy (non-hydrogen) atoms. The number of benzene rings is 3. The third-order valence-corrected chi connectivity index (χ3v) is 6.01. The Labute approximate surface area is 171 Å². The molecule has 0 aliphatic rings. The number of H-pyrrole nitrogens is 1. The summed E-state index contributed by atoms with van der Waals surface area (Å²) >= 11 is 1.75. The van der Waals surface area contributed by atoms with Gasteiger partial charge < -0.3 is 10.1 Å². The molecule has 0 fully saturated rings. The minimum atomic E-state index is -0.915. The number of aromatic carboxylic acids is 1. The molecule has 0 radical (unpaired) electrons. The van der Waals surface area contributed by atoms with Crippen LogP contribution in [0.5, 0.6) is 0 Å². The number of thiophene rings is 1. The average Bonchev–Trinajstić information content (AvgIpc) is 3.45. The lowest BCUT2D eigenvalue weighted by atomic mass is 10.00. The predicted octanol–water partition coefficient (Wildman–Crippen LogP) is 6.93. The van der Waals surface area contributed by atoms with Gasteiger partial charge in [-0.1, -0.05) is 48.5 Å². The second-order valence-electron chi connectivity index (χ2n) is 6.89. The summed E-state index contributed by atoms with van der Waals surface area (Å²) in [6.45, 7) is 0. The molecule has 0 amide bonds. The number of nitrogens with one attached hydrogen (secondary N) is 1. The summed E-state index contributed by atoms with van der Waals surface area (Å²) in [5.41, 5.74) is 5.61. The molecular weight excluding hydrogens is 378 g/mol. The quantitative estimate of drug-likeness (QED) is 0.347. The van der Waals surface area contributed by atoms with Crippen LogP contribution in [0.1, 0.15) is 10.4 Å². The number of hydrogen-bond donors (Lipinski definition) is 2. The Morgan fingerprint density at radius 2 is 1.55 bits per heavy atom. The molecule has 3 nitrogen and oxygen atoms in total. The van der Waals surface area contributed by atoms with Gasteiger partial charge in [0.2, 0.25) is 0 Å². The van der Waals surface area contributed by atoms with Gasteiger partial charge in [0, 0.05) is 16.3 Å². The van der Waals surface area contributed by atoms with Crippen LogP contribution in [-0.2, 0) is 0 Å². The van der Waals surface area contributed by atoms with E-state index in [1.54, 1.807) is 23.5 Å². The maximum Gasteiger partial charge on any atom is 0.335 e. The minimum absolute atomic E-state index is 0.288. The number of aromatic amines is 1. The van der Waals surface area contributed by atoms with Crippen molar-refractivity contribution in [1.29, 1.82) is 0 Å². The normalized spacial score (nSPS) is 11.0. The molecule has 3 aromatic carbocycles. The Balaban J connectivity index is 1.55. The van der Waals surface area contributed by atoms with Crippen molar-refractivity contribution in [3.8, 4) is 33.0 Å². The lowest BCUT2D eigenvalue weighted by Crippen LogP contribution is -1.94. The standard InChI is InChI=1S/C25H17NO2S/c27-25(28)18-9-7-17(8-10-18)22-12-13-23(26-22)19-11-6-16-3-1-4-20(21(16)15-19)24-5-2-14-29-24/h1-15,26H,(H,27,28). The molecule has 5 aromatic rings. The third kappa shape index (κ3) is 3.24. The smallest absolute Gasteiger partial charge is 0.335 e. The zero-order valence-corrected chi connectivity index (χ0v) is 16.2. The third-order valence-electron chi connectivity index (χ3n) is 5.11. The van der Waals surface area contributed by atoms with Crippen LogP contribution >= 0.6 is 11.3 Å². The molecule has 0 unspecified atom stereocenters. The molecule has 5 rings (SSSR count). The molecule has 2 aromatic heterocycles. The fourth-order valence-corrected chi connectivity index (χ4v) is 4.38. The Morgan fingerprint density at radius 3 is 2.28 bits per heavy atom. The van der Waals surface area contributed by atoms with Crippen LogP contribution in [0.3, 0.4) is 0 Å². The second-order valence-corrected chi connectivity index (χ2v) is 7.83. The molecule has 0 aliphatic heterocycles. The van der Waals surface area contributed by atoms with Crippen LogP contribution in [-0.4, -0.2) is 16.1 Å². The van der Waals surface area contributed by atoms with E-state index in [-0.39, 0.29) is 5.56 Å². The molecule has 2 N–H and O–H groups in total. The summed E-state index contributed by atoms with van der Waals surface area (Å²) in [5, 5.41) is 13.6. The van der Waals surface area contributed by atoms with Crippen LogP contribution < -0.4 is 0 Å².